The lowest BCUT2D eigenvalue weighted by molar-refractivity contribution is 0.135. The minimum Gasteiger partial charge on any atom is -0.313 e. The fourth-order valence-corrected chi connectivity index (χ4v) is 3.35. The van der Waals surface area contributed by atoms with E-state index < -0.39 is 10.0 Å². The van der Waals surface area contributed by atoms with Gasteiger partial charge in [-0.2, -0.15) is 0 Å². The van der Waals surface area contributed by atoms with Crippen LogP contribution in [-0.4, -0.2) is 58.6 Å². The highest BCUT2D eigenvalue weighted by Gasteiger charge is 2.21. The van der Waals surface area contributed by atoms with Gasteiger partial charge in [-0.15, -0.1) is 4.83 Å². The minimum absolute atomic E-state index is 0.201. The number of hydrazine groups is 1. The molecule has 0 saturated carbocycles. The Kier molecular flexibility index (Phi) is 5.34. The van der Waals surface area contributed by atoms with E-state index in [9.17, 15) is 8.42 Å². The summed E-state index contributed by atoms with van der Waals surface area (Å²) in [6.07, 6.45) is 0. The van der Waals surface area contributed by atoms with Crippen molar-refractivity contribution in [1.29, 1.82) is 0 Å². The highest BCUT2D eigenvalue weighted by molar-refractivity contribution is 7.89. The zero-order valence-corrected chi connectivity index (χ0v) is 13.7. The van der Waals surface area contributed by atoms with Gasteiger partial charge in [-0.05, 0) is 38.7 Å². The molecular formula is C14H24N4O2S. The summed E-state index contributed by atoms with van der Waals surface area (Å²) in [5.41, 5.74) is 1.07. The van der Waals surface area contributed by atoms with Crippen LogP contribution in [0.2, 0.25) is 0 Å². The maximum absolute atomic E-state index is 12.4. The van der Waals surface area contributed by atoms with Gasteiger partial charge in [0.05, 0.1) is 4.90 Å². The minimum atomic E-state index is -3.49. The third-order valence-corrected chi connectivity index (χ3v) is 5.27. The Hall–Kier alpha value is -0.990. The summed E-state index contributed by atoms with van der Waals surface area (Å²) >= 11 is 0. The summed E-state index contributed by atoms with van der Waals surface area (Å²) in [5.74, 6) is 0. The van der Waals surface area contributed by atoms with Crippen molar-refractivity contribution in [2.24, 2.45) is 0 Å². The predicted octanol–water partition coefficient (Wildman–Crippen LogP) is 0.408. The van der Waals surface area contributed by atoms with E-state index in [2.05, 4.69) is 15.0 Å². The van der Waals surface area contributed by atoms with Gasteiger partial charge in [-0.3, -0.25) is 0 Å². The molecule has 1 aromatic rings. The van der Waals surface area contributed by atoms with Crippen molar-refractivity contribution in [2.75, 3.05) is 40.3 Å². The van der Waals surface area contributed by atoms with Crippen molar-refractivity contribution < 1.29 is 8.42 Å². The molecule has 1 fully saturated rings. The molecule has 118 valence electrons. The zero-order chi connectivity index (χ0) is 15.5. The van der Waals surface area contributed by atoms with Crippen LogP contribution in [0.5, 0.6) is 0 Å². The predicted molar refractivity (Wildman–Crippen MR) is 83.3 cm³/mol. The molecule has 0 spiro atoms. The molecule has 1 heterocycles. The van der Waals surface area contributed by atoms with E-state index in [0.29, 0.717) is 18.0 Å². The van der Waals surface area contributed by atoms with Crippen molar-refractivity contribution in [2.45, 2.75) is 17.9 Å². The van der Waals surface area contributed by atoms with Crippen LogP contribution >= 0.6 is 0 Å². The van der Waals surface area contributed by atoms with Crippen molar-refractivity contribution in [1.82, 2.24) is 20.1 Å². The van der Waals surface area contributed by atoms with Gasteiger partial charge < -0.3 is 10.2 Å². The van der Waals surface area contributed by atoms with E-state index in [1.165, 1.54) is 0 Å². The van der Waals surface area contributed by atoms with Crippen LogP contribution in [0, 0.1) is 0 Å². The molecule has 1 unspecified atom stereocenters. The number of piperazine rings is 1. The maximum atomic E-state index is 12.4. The lowest BCUT2D eigenvalue weighted by Crippen LogP contribution is -2.52. The molecule has 21 heavy (non-hydrogen) atoms. The topological polar surface area (TPSA) is 64.7 Å². The molecule has 7 heteroatoms. The zero-order valence-electron chi connectivity index (χ0n) is 12.8. The molecule has 0 aromatic heterocycles. The Labute approximate surface area is 127 Å². The second-order valence-corrected chi connectivity index (χ2v) is 7.13. The first kappa shape index (κ1) is 16.4. The third kappa shape index (κ3) is 4.24. The smallest absolute Gasteiger partial charge is 0.253 e. The molecule has 0 amide bonds. The van der Waals surface area contributed by atoms with Gasteiger partial charge in [0.25, 0.3) is 10.0 Å². The molecule has 0 bridgehead atoms. The second kappa shape index (κ2) is 6.85. The maximum Gasteiger partial charge on any atom is 0.253 e. The number of hydrogen-bond donors (Lipinski definition) is 2. The number of hydrogen-bond acceptors (Lipinski definition) is 5. The number of sulfonamides is 1. The summed E-state index contributed by atoms with van der Waals surface area (Å²) < 4.78 is 24.7. The summed E-state index contributed by atoms with van der Waals surface area (Å²) in [7, 11) is 0.425. The summed E-state index contributed by atoms with van der Waals surface area (Å²) in [5, 5.41) is 4.89. The van der Waals surface area contributed by atoms with Gasteiger partial charge in [0.15, 0.2) is 0 Å². The average molecular weight is 312 g/mol. The first-order valence-electron chi connectivity index (χ1n) is 7.15. The Bertz CT molecular complexity index is 551. The van der Waals surface area contributed by atoms with Gasteiger partial charge >= 0.3 is 0 Å². The van der Waals surface area contributed by atoms with Crippen LogP contribution in [0.3, 0.4) is 0 Å². The number of benzene rings is 1. The van der Waals surface area contributed by atoms with Gasteiger partial charge in [-0.1, -0.05) is 12.1 Å². The monoisotopic (exact) mass is 312 g/mol. The highest BCUT2D eigenvalue weighted by atomic mass is 32.2. The first-order chi connectivity index (χ1) is 9.92. The molecule has 1 aliphatic rings. The molecule has 2 rings (SSSR count). The van der Waals surface area contributed by atoms with E-state index in [-0.39, 0.29) is 6.04 Å². The Morgan fingerprint density at radius 2 is 1.67 bits per heavy atom. The van der Waals surface area contributed by atoms with E-state index in [4.69, 9.17) is 0 Å². The van der Waals surface area contributed by atoms with Crippen molar-refractivity contribution in [3.05, 3.63) is 29.8 Å². The molecule has 1 saturated heterocycles. The number of likely N-dealkylation sites (N-methyl/N-ethyl adjacent to an activating group) is 1. The number of rotatable bonds is 5. The van der Waals surface area contributed by atoms with Gasteiger partial charge in [0, 0.05) is 32.2 Å². The molecule has 2 N–H and O–H groups in total. The molecule has 6 nitrogen and oxygen atoms in total. The molecule has 0 radical (unpaired) electrons. The molecule has 1 atom stereocenters. The van der Waals surface area contributed by atoms with E-state index in [0.717, 1.165) is 18.7 Å². The highest BCUT2D eigenvalue weighted by Crippen LogP contribution is 2.16. The van der Waals surface area contributed by atoms with Crippen LogP contribution in [0.25, 0.3) is 0 Å². The third-order valence-electron chi connectivity index (χ3n) is 3.88. The van der Waals surface area contributed by atoms with Gasteiger partial charge in [0.2, 0.25) is 0 Å². The number of nitrogens with one attached hydrogen (secondary N) is 2. The lowest BCUT2D eigenvalue weighted by Gasteiger charge is -2.32. The fraction of sp³-hybridized carbons (Fsp3) is 0.571. The van der Waals surface area contributed by atoms with Crippen LogP contribution < -0.4 is 10.1 Å². The standard InChI is InChI=1S/C14H24N4O2S/c1-12(15-2)13-4-6-14(7-5-13)21(19,20)16-18-10-8-17(3)9-11-18/h4-7,12,15-16H,8-11H2,1-3H3. The SMILES string of the molecule is CNC(C)c1ccc(S(=O)(=O)NN2CCN(C)CC2)cc1. The average Bonchev–Trinajstić information content (AvgIpc) is 2.49. The van der Waals surface area contributed by atoms with Crippen LogP contribution in [0.1, 0.15) is 18.5 Å². The van der Waals surface area contributed by atoms with Crippen molar-refractivity contribution in [3.63, 3.8) is 0 Å². The van der Waals surface area contributed by atoms with E-state index in [1.54, 1.807) is 17.1 Å². The molecule has 1 aliphatic heterocycles. The summed E-state index contributed by atoms with van der Waals surface area (Å²) in [6, 6.07) is 7.20. The largest absolute Gasteiger partial charge is 0.313 e. The van der Waals surface area contributed by atoms with E-state index in [1.807, 2.05) is 33.2 Å². The fourth-order valence-electron chi connectivity index (χ4n) is 2.22. The lowest BCUT2D eigenvalue weighted by atomic mass is 10.1. The van der Waals surface area contributed by atoms with Crippen LogP contribution in [0.4, 0.5) is 0 Å². The summed E-state index contributed by atoms with van der Waals surface area (Å²) in [4.78, 5) is 5.14. The number of nitrogens with zero attached hydrogens (tertiary/aromatic N) is 2. The van der Waals surface area contributed by atoms with E-state index >= 15 is 0 Å². The molecule has 1 aromatic carbocycles. The Balaban J connectivity index is 2.05. The Morgan fingerprint density at radius 1 is 1.10 bits per heavy atom. The molecular weight excluding hydrogens is 288 g/mol. The van der Waals surface area contributed by atoms with Crippen molar-refractivity contribution >= 4 is 10.0 Å². The quantitative estimate of drug-likeness (QED) is 0.824. The first-order valence-corrected chi connectivity index (χ1v) is 8.64. The van der Waals surface area contributed by atoms with Crippen LogP contribution in [0.15, 0.2) is 29.2 Å². The molecule has 0 aliphatic carbocycles. The van der Waals surface area contributed by atoms with Gasteiger partial charge in [0.1, 0.15) is 0 Å². The van der Waals surface area contributed by atoms with Crippen molar-refractivity contribution in [3.8, 4) is 0 Å². The van der Waals surface area contributed by atoms with Gasteiger partial charge in [-0.25, -0.2) is 13.4 Å². The van der Waals surface area contributed by atoms with Crippen LogP contribution in [-0.2, 0) is 10.0 Å². The Morgan fingerprint density at radius 3 is 2.19 bits per heavy atom. The second-order valence-electron chi connectivity index (χ2n) is 5.46. The normalized spacial score (nSPS) is 19.6. The summed E-state index contributed by atoms with van der Waals surface area (Å²) in [6.45, 7) is 5.16.